The first-order chi connectivity index (χ1) is 7.33. The van der Waals surface area contributed by atoms with Crippen molar-refractivity contribution in [2.45, 2.75) is 19.3 Å². The van der Waals surface area contributed by atoms with E-state index in [2.05, 4.69) is 17.4 Å². The van der Waals surface area contributed by atoms with Gasteiger partial charge in [0, 0.05) is 6.54 Å². The van der Waals surface area contributed by atoms with E-state index in [0.29, 0.717) is 0 Å². The molecule has 0 atom stereocenters. The van der Waals surface area contributed by atoms with E-state index in [-0.39, 0.29) is 24.9 Å². The molecule has 1 aromatic rings. The highest BCUT2D eigenvalue weighted by atomic mass is 35.5. The average molecular weight is 243 g/mol. The fourth-order valence-corrected chi connectivity index (χ4v) is 1.40. The lowest BCUT2D eigenvalue weighted by atomic mass is 10.1. The fourth-order valence-electron chi connectivity index (χ4n) is 1.40. The number of carbonyl (C=O) groups is 1. The molecule has 0 heterocycles. The topological polar surface area (TPSA) is 55.1 Å². The third-order valence-electron chi connectivity index (χ3n) is 2.24. The molecular formula is C12H19ClN2O. The number of benzene rings is 1. The number of hydrogen-bond donors (Lipinski definition) is 2. The summed E-state index contributed by atoms with van der Waals surface area (Å²) >= 11 is 0. The van der Waals surface area contributed by atoms with Crippen LogP contribution in [0.4, 0.5) is 0 Å². The van der Waals surface area contributed by atoms with Crippen LogP contribution in [0, 0.1) is 0 Å². The van der Waals surface area contributed by atoms with Crippen molar-refractivity contribution in [2.24, 2.45) is 5.73 Å². The zero-order valence-corrected chi connectivity index (χ0v) is 10.1. The van der Waals surface area contributed by atoms with Crippen molar-refractivity contribution in [3.63, 3.8) is 0 Å². The molecule has 1 aromatic carbocycles. The molecule has 0 bridgehead atoms. The molecule has 1 rings (SSSR count). The normalized spacial score (nSPS) is 9.31. The van der Waals surface area contributed by atoms with Crippen molar-refractivity contribution >= 4 is 18.3 Å². The number of aryl methyl sites for hydroxylation is 1. The molecule has 0 spiro atoms. The summed E-state index contributed by atoms with van der Waals surface area (Å²) in [4.78, 5) is 10.8. The Hall–Kier alpha value is -1.06. The molecule has 0 saturated carbocycles. The number of amides is 1. The van der Waals surface area contributed by atoms with Crippen molar-refractivity contribution in [3.05, 3.63) is 35.9 Å². The van der Waals surface area contributed by atoms with Crippen LogP contribution in [0.25, 0.3) is 0 Å². The average Bonchev–Trinajstić information content (AvgIpc) is 2.29. The van der Waals surface area contributed by atoms with E-state index >= 15 is 0 Å². The van der Waals surface area contributed by atoms with E-state index in [1.165, 1.54) is 5.56 Å². The highest BCUT2D eigenvalue weighted by Gasteiger charge is 1.96. The summed E-state index contributed by atoms with van der Waals surface area (Å²) < 4.78 is 0. The standard InChI is InChI=1S/C12H18N2O.ClH/c13-10-12(15)14-9-5-4-8-11-6-2-1-3-7-11;/h1-3,6-7H,4-5,8-10,13H2,(H,14,15);1H. The molecule has 0 saturated heterocycles. The molecule has 0 unspecified atom stereocenters. The van der Waals surface area contributed by atoms with Gasteiger partial charge in [0.15, 0.2) is 0 Å². The van der Waals surface area contributed by atoms with Gasteiger partial charge in [-0.1, -0.05) is 30.3 Å². The lowest BCUT2D eigenvalue weighted by Gasteiger charge is -2.03. The van der Waals surface area contributed by atoms with Crippen LogP contribution in [0.1, 0.15) is 18.4 Å². The summed E-state index contributed by atoms with van der Waals surface area (Å²) in [5, 5.41) is 2.75. The van der Waals surface area contributed by atoms with E-state index in [9.17, 15) is 4.79 Å². The van der Waals surface area contributed by atoms with Crippen molar-refractivity contribution in [3.8, 4) is 0 Å². The van der Waals surface area contributed by atoms with E-state index in [1.807, 2.05) is 18.2 Å². The van der Waals surface area contributed by atoms with Gasteiger partial charge in [0.1, 0.15) is 0 Å². The predicted molar refractivity (Wildman–Crippen MR) is 68.7 cm³/mol. The monoisotopic (exact) mass is 242 g/mol. The van der Waals surface area contributed by atoms with Crippen molar-refractivity contribution < 1.29 is 4.79 Å². The third kappa shape index (κ3) is 6.43. The van der Waals surface area contributed by atoms with Crippen LogP contribution in [-0.4, -0.2) is 19.0 Å². The molecule has 3 N–H and O–H groups in total. The van der Waals surface area contributed by atoms with Gasteiger partial charge in [-0.2, -0.15) is 0 Å². The van der Waals surface area contributed by atoms with Crippen LogP contribution < -0.4 is 11.1 Å². The van der Waals surface area contributed by atoms with Gasteiger partial charge in [-0.3, -0.25) is 4.79 Å². The lowest BCUT2D eigenvalue weighted by Crippen LogP contribution is -2.30. The number of unbranched alkanes of at least 4 members (excludes halogenated alkanes) is 1. The maximum Gasteiger partial charge on any atom is 0.233 e. The van der Waals surface area contributed by atoms with Gasteiger partial charge >= 0.3 is 0 Å². The van der Waals surface area contributed by atoms with Crippen LogP contribution in [0.15, 0.2) is 30.3 Å². The smallest absolute Gasteiger partial charge is 0.233 e. The predicted octanol–water partition coefficient (Wildman–Crippen LogP) is 1.51. The summed E-state index contributed by atoms with van der Waals surface area (Å²) in [5.74, 6) is -0.0743. The summed E-state index contributed by atoms with van der Waals surface area (Å²) in [5.41, 5.74) is 6.52. The summed E-state index contributed by atoms with van der Waals surface area (Å²) in [6.45, 7) is 0.807. The van der Waals surface area contributed by atoms with Crippen LogP contribution >= 0.6 is 12.4 Å². The minimum Gasteiger partial charge on any atom is -0.355 e. The molecule has 0 aliphatic carbocycles. The Kier molecular flexibility index (Phi) is 8.58. The number of halogens is 1. The molecule has 4 heteroatoms. The van der Waals surface area contributed by atoms with Crippen LogP contribution in [-0.2, 0) is 11.2 Å². The Morgan fingerprint density at radius 3 is 2.50 bits per heavy atom. The molecule has 0 fully saturated rings. The van der Waals surface area contributed by atoms with E-state index < -0.39 is 0 Å². The second kappa shape index (κ2) is 9.19. The number of nitrogens with one attached hydrogen (secondary N) is 1. The SMILES string of the molecule is Cl.NCC(=O)NCCCCc1ccccc1. The molecule has 3 nitrogen and oxygen atoms in total. The largest absolute Gasteiger partial charge is 0.355 e. The van der Waals surface area contributed by atoms with Gasteiger partial charge in [0.2, 0.25) is 5.91 Å². The summed E-state index contributed by atoms with van der Waals surface area (Å²) in [6, 6.07) is 10.4. The van der Waals surface area contributed by atoms with Gasteiger partial charge in [-0.05, 0) is 24.8 Å². The molecule has 0 aliphatic heterocycles. The maximum absolute atomic E-state index is 10.8. The van der Waals surface area contributed by atoms with Crippen molar-refractivity contribution in [1.82, 2.24) is 5.32 Å². The highest BCUT2D eigenvalue weighted by molar-refractivity contribution is 5.85. The summed E-state index contributed by atoms with van der Waals surface area (Å²) in [7, 11) is 0. The van der Waals surface area contributed by atoms with Gasteiger partial charge in [-0.25, -0.2) is 0 Å². The zero-order valence-electron chi connectivity index (χ0n) is 9.32. The van der Waals surface area contributed by atoms with Crippen molar-refractivity contribution in [1.29, 1.82) is 0 Å². The first kappa shape index (κ1) is 14.9. The van der Waals surface area contributed by atoms with Crippen molar-refractivity contribution in [2.75, 3.05) is 13.1 Å². The Morgan fingerprint density at radius 1 is 1.19 bits per heavy atom. The molecule has 1 amide bonds. The number of nitrogens with two attached hydrogens (primary N) is 1. The number of carbonyl (C=O) groups excluding carboxylic acids is 1. The minimum atomic E-state index is -0.0743. The molecular weight excluding hydrogens is 224 g/mol. The van der Waals surface area contributed by atoms with Gasteiger partial charge in [0.25, 0.3) is 0 Å². The molecule has 16 heavy (non-hydrogen) atoms. The molecule has 90 valence electrons. The van der Waals surface area contributed by atoms with Gasteiger partial charge in [-0.15, -0.1) is 12.4 Å². The number of hydrogen-bond acceptors (Lipinski definition) is 2. The Balaban J connectivity index is 0.00000225. The Bertz CT molecular complexity index is 290. The van der Waals surface area contributed by atoms with E-state index in [1.54, 1.807) is 0 Å². The maximum atomic E-state index is 10.8. The number of rotatable bonds is 6. The minimum absolute atomic E-state index is 0. The second-order valence-corrected chi connectivity index (χ2v) is 3.50. The van der Waals surface area contributed by atoms with Crippen LogP contribution in [0.2, 0.25) is 0 Å². The molecule has 0 radical (unpaired) electrons. The highest BCUT2D eigenvalue weighted by Crippen LogP contribution is 2.03. The van der Waals surface area contributed by atoms with Gasteiger partial charge < -0.3 is 11.1 Å². The summed E-state index contributed by atoms with van der Waals surface area (Å²) in [6.07, 6.45) is 3.16. The quantitative estimate of drug-likeness (QED) is 0.743. The Morgan fingerprint density at radius 2 is 1.88 bits per heavy atom. The van der Waals surface area contributed by atoms with Gasteiger partial charge in [0.05, 0.1) is 6.54 Å². The lowest BCUT2D eigenvalue weighted by molar-refractivity contribution is -0.119. The zero-order chi connectivity index (χ0) is 10.9. The van der Waals surface area contributed by atoms with E-state index in [0.717, 1.165) is 25.8 Å². The third-order valence-corrected chi connectivity index (χ3v) is 2.24. The molecule has 0 aliphatic rings. The van der Waals surface area contributed by atoms with Crippen LogP contribution in [0.5, 0.6) is 0 Å². The van der Waals surface area contributed by atoms with Crippen LogP contribution in [0.3, 0.4) is 0 Å². The fraction of sp³-hybridized carbons (Fsp3) is 0.417. The first-order valence-electron chi connectivity index (χ1n) is 5.33. The first-order valence-corrected chi connectivity index (χ1v) is 5.33. The second-order valence-electron chi connectivity index (χ2n) is 3.50. The van der Waals surface area contributed by atoms with E-state index in [4.69, 9.17) is 5.73 Å². The Labute approximate surface area is 103 Å². The molecule has 0 aromatic heterocycles.